The molecule has 1 aliphatic heterocycles. The molecular weight excluding hydrogens is 244 g/mol. The predicted molar refractivity (Wildman–Crippen MR) is 73.9 cm³/mol. The van der Waals surface area contributed by atoms with Gasteiger partial charge in [-0.15, -0.1) is 0 Å². The third-order valence-electron chi connectivity index (χ3n) is 4.21. The van der Waals surface area contributed by atoms with Crippen LogP contribution in [0.2, 0.25) is 0 Å². The zero-order valence-electron chi connectivity index (χ0n) is 13.2. The van der Waals surface area contributed by atoms with Crippen molar-refractivity contribution in [3.63, 3.8) is 0 Å². The van der Waals surface area contributed by atoms with Gasteiger partial charge in [0.1, 0.15) is 6.10 Å². The highest BCUT2D eigenvalue weighted by Crippen LogP contribution is 2.34. The van der Waals surface area contributed by atoms with E-state index in [9.17, 15) is 4.79 Å². The third kappa shape index (κ3) is 3.69. The van der Waals surface area contributed by atoms with Gasteiger partial charge in [0.2, 0.25) is 0 Å². The fourth-order valence-corrected chi connectivity index (χ4v) is 2.86. The highest BCUT2D eigenvalue weighted by atomic mass is 16.6. The molecular formula is C15H28O4. The zero-order valence-corrected chi connectivity index (χ0v) is 13.2. The van der Waals surface area contributed by atoms with E-state index in [4.69, 9.17) is 14.2 Å². The molecule has 3 unspecified atom stereocenters. The number of hydrogen-bond donors (Lipinski definition) is 0. The summed E-state index contributed by atoms with van der Waals surface area (Å²) in [5, 5.41) is 0. The molecule has 0 aromatic heterocycles. The first-order valence-corrected chi connectivity index (χ1v) is 6.98. The Hall–Kier alpha value is -0.610. The summed E-state index contributed by atoms with van der Waals surface area (Å²) in [6.45, 7) is 10.3. The summed E-state index contributed by atoms with van der Waals surface area (Å²) in [6.07, 6.45) is 0.541. The van der Waals surface area contributed by atoms with Crippen molar-refractivity contribution in [2.45, 2.75) is 59.4 Å². The van der Waals surface area contributed by atoms with E-state index >= 15 is 0 Å². The molecule has 0 aromatic rings. The van der Waals surface area contributed by atoms with Crippen LogP contribution in [0.15, 0.2) is 0 Å². The van der Waals surface area contributed by atoms with Gasteiger partial charge in [-0.25, -0.2) is 0 Å². The van der Waals surface area contributed by atoms with Crippen LogP contribution >= 0.6 is 0 Å². The maximum Gasteiger partial charge on any atom is 0.311 e. The highest BCUT2D eigenvalue weighted by molar-refractivity contribution is 5.73. The minimum Gasteiger partial charge on any atom is -0.462 e. The van der Waals surface area contributed by atoms with Crippen molar-refractivity contribution in [3.8, 4) is 0 Å². The van der Waals surface area contributed by atoms with Crippen LogP contribution in [0.3, 0.4) is 0 Å². The summed E-state index contributed by atoms with van der Waals surface area (Å²) >= 11 is 0. The second-order valence-corrected chi connectivity index (χ2v) is 6.65. The normalized spacial score (nSPS) is 33.9. The maximum atomic E-state index is 11.9. The van der Waals surface area contributed by atoms with E-state index in [1.165, 1.54) is 0 Å². The first-order valence-electron chi connectivity index (χ1n) is 6.98. The lowest BCUT2D eigenvalue weighted by atomic mass is 9.79. The molecule has 1 aliphatic rings. The van der Waals surface area contributed by atoms with E-state index in [0.29, 0.717) is 6.42 Å². The average molecular weight is 272 g/mol. The average Bonchev–Trinajstić information content (AvgIpc) is 2.31. The van der Waals surface area contributed by atoms with E-state index in [1.54, 1.807) is 14.2 Å². The molecule has 1 fully saturated rings. The molecule has 5 atom stereocenters. The summed E-state index contributed by atoms with van der Waals surface area (Å²) in [5.41, 5.74) is 0.0203. The largest absolute Gasteiger partial charge is 0.462 e. The topological polar surface area (TPSA) is 44.8 Å². The van der Waals surface area contributed by atoms with Crippen molar-refractivity contribution in [1.29, 1.82) is 0 Å². The zero-order chi connectivity index (χ0) is 14.8. The van der Waals surface area contributed by atoms with Gasteiger partial charge in [0, 0.05) is 26.6 Å². The van der Waals surface area contributed by atoms with Crippen LogP contribution in [-0.2, 0) is 19.0 Å². The van der Waals surface area contributed by atoms with Crippen LogP contribution in [0.25, 0.3) is 0 Å². The number of esters is 1. The van der Waals surface area contributed by atoms with E-state index in [0.717, 1.165) is 0 Å². The number of hydrogen-bond acceptors (Lipinski definition) is 4. The van der Waals surface area contributed by atoms with Crippen LogP contribution in [-0.4, -0.2) is 38.5 Å². The van der Waals surface area contributed by atoms with Gasteiger partial charge in [0.25, 0.3) is 0 Å². The first kappa shape index (κ1) is 16.4. The Bertz CT molecular complexity index is 308. The van der Waals surface area contributed by atoms with Gasteiger partial charge in [-0.1, -0.05) is 27.7 Å². The van der Waals surface area contributed by atoms with Gasteiger partial charge >= 0.3 is 5.97 Å². The van der Waals surface area contributed by atoms with Crippen LogP contribution in [0.4, 0.5) is 0 Å². The minimum absolute atomic E-state index is 0.0203. The molecule has 4 heteroatoms. The molecule has 19 heavy (non-hydrogen) atoms. The van der Waals surface area contributed by atoms with E-state index < -0.39 is 0 Å². The summed E-state index contributed by atoms with van der Waals surface area (Å²) in [4.78, 5) is 11.9. The van der Waals surface area contributed by atoms with Gasteiger partial charge in [-0.3, -0.25) is 4.79 Å². The highest BCUT2D eigenvalue weighted by Gasteiger charge is 2.43. The van der Waals surface area contributed by atoms with Gasteiger partial charge < -0.3 is 14.2 Å². The first-order chi connectivity index (χ1) is 8.72. The summed E-state index contributed by atoms with van der Waals surface area (Å²) in [5.74, 6) is -0.191. The Morgan fingerprint density at radius 1 is 1.26 bits per heavy atom. The summed E-state index contributed by atoms with van der Waals surface area (Å²) < 4.78 is 16.6. The molecule has 1 rings (SSSR count). The van der Waals surface area contributed by atoms with Gasteiger partial charge in [-0.05, 0) is 12.3 Å². The monoisotopic (exact) mass is 272 g/mol. The number of methoxy groups -OCH3 is 2. The molecule has 0 bridgehead atoms. The SMILES string of the molecule is COC1[C@@H](C)C(CC(OC)C(C)(C)C)OC(=O)[C@@H]1C. The van der Waals surface area contributed by atoms with Crippen LogP contribution in [0, 0.1) is 17.3 Å². The van der Waals surface area contributed by atoms with Crippen molar-refractivity contribution in [2.24, 2.45) is 17.3 Å². The van der Waals surface area contributed by atoms with Gasteiger partial charge in [0.05, 0.1) is 18.1 Å². The van der Waals surface area contributed by atoms with Crippen molar-refractivity contribution in [1.82, 2.24) is 0 Å². The van der Waals surface area contributed by atoms with Crippen molar-refractivity contribution >= 4 is 5.97 Å². The maximum absolute atomic E-state index is 11.9. The number of carbonyl (C=O) groups excluding carboxylic acids is 1. The Balaban J connectivity index is 2.80. The Morgan fingerprint density at radius 3 is 2.26 bits per heavy atom. The molecule has 0 saturated carbocycles. The summed E-state index contributed by atoms with van der Waals surface area (Å²) in [6, 6.07) is 0. The molecule has 0 radical (unpaired) electrons. The predicted octanol–water partition coefficient (Wildman–Crippen LogP) is 2.65. The Kier molecular flexibility index (Phi) is 5.39. The number of ether oxygens (including phenoxy) is 3. The van der Waals surface area contributed by atoms with Gasteiger partial charge in [0.15, 0.2) is 0 Å². The molecule has 4 nitrogen and oxygen atoms in total. The lowest BCUT2D eigenvalue weighted by molar-refractivity contribution is -0.185. The molecule has 0 spiro atoms. The molecule has 1 saturated heterocycles. The molecule has 0 aliphatic carbocycles. The molecule has 1 heterocycles. The second-order valence-electron chi connectivity index (χ2n) is 6.65. The van der Waals surface area contributed by atoms with Crippen LogP contribution in [0.5, 0.6) is 0 Å². The van der Waals surface area contributed by atoms with Crippen molar-refractivity contribution in [2.75, 3.05) is 14.2 Å². The number of rotatable bonds is 4. The molecule has 0 amide bonds. The lowest BCUT2D eigenvalue weighted by Gasteiger charge is -2.41. The standard InChI is InChI=1S/C15H28O4/c1-9-11(8-12(17-6)15(3,4)5)19-14(16)10(2)13(9)18-7/h9-13H,8H2,1-7H3/t9-,10+,11?,12?,13?/m0/s1. The smallest absolute Gasteiger partial charge is 0.311 e. The van der Waals surface area contributed by atoms with E-state index in [-0.39, 0.29) is 41.5 Å². The Morgan fingerprint density at radius 2 is 1.84 bits per heavy atom. The Labute approximate surface area is 116 Å². The van der Waals surface area contributed by atoms with E-state index in [1.807, 2.05) is 6.92 Å². The lowest BCUT2D eigenvalue weighted by Crippen LogP contribution is -2.49. The van der Waals surface area contributed by atoms with Crippen molar-refractivity contribution < 1.29 is 19.0 Å². The fourth-order valence-electron chi connectivity index (χ4n) is 2.86. The number of carbonyl (C=O) groups is 1. The van der Waals surface area contributed by atoms with Crippen molar-refractivity contribution in [3.05, 3.63) is 0 Å². The van der Waals surface area contributed by atoms with Crippen LogP contribution in [0.1, 0.15) is 41.0 Å². The molecule has 0 N–H and O–H groups in total. The minimum atomic E-state index is -0.202. The van der Waals surface area contributed by atoms with Crippen LogP contribution < -0.4 is 0 Å². The summed E-state index contributed by atoms with van der Waals surface area (Å²) in [7, 11) is 3.37. The third-order valence-corrected chi connectivity index (χ3v) is 4.21. The quantitative estimate of drug-likeness (QED) is 0.738. The van der Waals surface area contributed by atoms with E-state index in [2.05, 4.69) is 27.7 Å². The number of cyclic esters (lactones) is 1. The fraction of sp³-hybridized carbons (Fsp3) is 0.933. The molecule has 112 valence electrons. The molecule has 0 aromatic carbocycles. The van der Waals surface area contributed by atoms with Gasteiger partial charge in [-0.2, -0.15) is 0 Å². The second kappa shape index (κ2) is 6.23.